The molecule has 4 saturated heterocycles. The molecule has 1 unspecified atom stereocenters. The van der Waals surface area contributed by atoms with Crippen LogP contribution in [0.25, 0.3) is 0 Å². The number of rotatable bonds is 6. The third-order valence-corrected chi connectivity index (χ3v) is 16.2. The summed E-state index contributed by atoms with van der Waals surface area (Å²) < 4.78 is 37.5. The largest absolute Gasteiger partial charge is 0.394 e. The van der Waals surface area contributed by atoms with Crippen LogP contribution in [-0.2, 0) is 28.4 Å². The standard InChI is InChI=1S/C39H64O13/c1-18-7-12-39(47-17-18)19(2)28-25(52-39)14-24-22-6-5-20-13-21(8-10-37(20,3)23(22)9-11-38(24,28)4)48-36-34(32(45)30(43)27(16-41)50-36)51-35-33(46)31(44)29(42)26(15-40)49-35/h18-36,40-46H,5-17H2,1-4H3/t18-,19-,20?,21-,22+,23-,24-,25-,26+,27+,28-,29-,30+,31-,32-,33+,34+,35-,36+,37-,38-,39+/m0/s1. The molecule has 8 rings (SSSR count). The third kappa shape index (κ3) is 5.98. The van der Waals surface area contributed by atoms with Crippen LogP contribution in [0.5, 0.6) is 0 Å². The average molecular weight is 741 g/mol. The summed E-state index contributed by atoms with van der Waals surface area (Å²) in [5.41, 5.74) is 0.425. The smallest absolute Gasteiger partial charge is 0.187 e. The van der Waals surface area contributed by atoms with Crippen LogP contribution in [0, 0.1) is 52.3 Å². The minimum atomic E-state index is -1.71. The van der Waals surface area contributed by atoms with Crippen molar-refractivity contribution in [2.24, 2.45) is 52.3 Å². The van der Waals surface area contributed by atoms with Crippen LogP contribution in [-0.4, -0.2) is 135 Å². The van der Waals surface area contributed by atoms with E-state index >= 15 is 0 Å². The molecule has 8 aliphatic rings. The maximum Gasteiger partial charge on any atom is 0.187 e. The van der Waals surface area contributed by atoms with E-state index in [1.165, 1.54) is 25.7 Å². The fourth-order valence-electron chi connectivity index (χ4n) is 13.2. The van der Waals surface area contributed by atoms with Gasteiger partial charge >= 0.3 is 0 Å². The quantitative estimate of drug-likeness (QED) is 0.194. The van der Waals surface area contributed by atoms with Gasteiger partial charge in [0.05, 0.1) is 32.0 Å². The van der Waals surface area contributed by atoms with Gasteiger partial charge in [-0.05, 0) is 104 Å². The maximum absolute atomic E-state index is 11.1. The van der Waals surface area contributed by atoms with E-state index in [1.54, 1.807) is 0 Å². The first-order valence-corrected chi connectivity index (χ1v) is 20.3. The number of hydrogen-bond donors (Lipinski definition) is 7. The lowest BCUT2D eigenvalue weighted by Gasteiger charge is -2.61. The SMILES string of the molecule is C[C@H]1CC[C@@]2(OC1)O[C@H]1C[C@H]3[C@@H]4CCC5C[C@@H](O[C@@H]6O[C@H](CO)[C@@H](O)[C@H](O)[C@H]6O[C@@H]6O[C@H](CO)[C@H](O)[C@H](O)[C@H]6O)CC[C@]5(C)[C@H]4CC[C@]3(C)[C@H]1[C@@H]2C. The second kappa shape index (κ2) is 14.1. The molecule has 298 valence electrons. The van der Waals surface area contributed by atoms with Gasteiger partial charge in [0.15, 0.2) is 18.4 Å². The third-order valence-electron chi connectivity index (χ3n) is 16.2. The highest BCUT2D eigenvalue weighted by Gasteiger charge is 2.69. The van der Waals surface area contributed by atoms with Crippen molar-refractivity contribution in [1.82, 2.24) is 0 Å². The monoisotopic (exact) mass is 740 g/mol. The zero-order valence-electron chi connectivity index (χ0n) is 31.2. The molecule has 0 amide bonds. The van der Waals surface area contributed by atoms with E-state index in [-0.39, 0.29) is 23.0 Å². The molecule has 13 nitrogen and oxygen atoms in total. The lowest BCUT2D eigenvalue weighted by molar-refractivity contribution is -0.373. The highest BCUT2D eigenvalue weighted by atomic mass is 16.8. The molecular weight excluding hydrogens is 676 g/mol. The number of hydrogen-bond acceptors (Lipinski definition) is 13. The van der Waals surface area contributed by atoms with Crippen LogP contribution >= 0.6 is 0 Å². The van der Waals surface area contributed by atoms with Crippen molar-refractivity contribution in [2.45, 2.75) is 171 Å². The summed E-state index contributed by atoms with van der Waals surface area (Å²) in [7, 11) is 0. The fraction of sp³-hybridized carbons (Fsp3) is 1.00. The zero-order chi connectivity index (χ0) is 36.9. The highest BCUT2D eigenvalue weighted by Crippen LogP contribution is 2.71. The van der Waals surface area contributed by atoms with Gasteiger partial charge in [-0.25, -0.2) is 0 Å². The normalized spacial score (nSPS) is 59.0. The van der Waals surface area contributed by atoms with Crippen molar-refractivity contribution in [2.75, 3.05) is 19.8 Å². The Balaban J connectivity index is 0.942. The molecule has 0 aromatic carbocycles. The summed E-state index contributed by atoms with van der Waals surface area (Å²) in [6, 6.07) is 0. The predicted molar refractivity (Wildman–Crippen MR) is 183 cm³/mol. The molecule has 8 fully saturated rings. The first-order valence-electron chi connectivity index (χ1n) is 20.3. The van der Waals surface area contributed by atoms with Gasteiger partial charge in [0.2, 0.25) is 0 Å². The first-order chi connectivity index (χ1) is 24.7. The van der Waals surface area contributed by atoms with E-state index in [0.717, 1.165) is 45.1 Å². The number of ether oxygens (including phenoxy) is 6. The van der Waals surface area contributed by atoms with Crippen LogP contribution < -0.4 is 0 Å². The molecule has 4 aliphatic heterocycles. The van der Waals surface area contributed by atoms with Crippen molar-refractivity contribution in [3.63, 3.8) is 0 Å². The van der Waals surface area contributed by atoms with E-state index in [0.29, 0.717) is 41.4 Å². The summed E-state index contributed by atoms with van der Waals surface area (Å²) in [4.78, 5) is 0. The minimum Gasteiger partial charge on any atom is -0.394 e. The summed E-state index contributed by atoms with van der Waals surface area (Å²) in [6.07, 6.45) is -3.88. The molecule has 4 heterocycles. The van der Waals surface area contributed by atoms with Crippen LogP contribution in [0.15, 0.2) is 0 Å². The minimum absolute atomic E-state index is 0.168. The van der Waals surface area contributed by atoms with Gasteiger partial charge in [0.25, 0.3) is 0 Å². The van der Waals surface area contributed by atoms with Gasteiger partial charge in [0.1, 0.15) is 48.8 Å². The van der Waals surface area contributed by atoms with Crippen molar-refractivity contribution in [3.8, 4) is 0 Å². The van der Waals surface area contributed by atoms with Crippen molar-refractivity contribution in [1.29, 1.82) is 0 Å². The molecule has 0 radical (unpaired) electrons. The zero-order valence-corrected chi connectivity index (χ0v) is 31.2. The molecule has 22 atom stereocenters. The van der Waals surface area contributed by atoms with Crippen molar-refractivity contribution >= 4 is 0 Å². The van der Waals surface area contributed by atoms with Gasteiger partial charge in [-0.1, -0.05) is 27.7 Å². The molecule has 52 heavy (non-hydrogen) atoms. The topological polar surface area (TPSA) is 197 Å². The highest BCUT2D eigenvalue weighted by molar-refractivity contribution is 5.15. The lowest BCUT2D eigenvalue weighted by Crippen LogP contribution is -2.65. The Morgan fingerprint density at radius 1 is 0.673 bits per heavy atom. The van der Waals surface area contributed by atoms with Gasteiger partial charge in [-0.2, -0.15) is 0 Å². The molecule has 0 bridgehead atoms. The van der Waals surface area contributed by atoms with Crippen LogP contribution in [0.2, 0.25) is 0 Å². The fourth-order valence-corrected chi connectivity index (χ4v) is 13.2. The van der Waals surface area contributed by atoms with Crippen molar-refractivity contribution < 1.29 is 64.2 Å². The average Bonchev–Trinajstić information content (AvgIpc) is 3.58. The van der Waals surface area contributed by atoms with Crippen LogP contribution in [0.1, 0.15) is 91.9 Å². The second-order valence-electron chi connectivity index (χ2n) is 18.7. The Morgan fingerprint density at radius 3 is 2.06 bits per heavy atom. The molecule has 0 aromatic heterocycles. The predicted octanol–water partition coefficient (Wildman–Crippen LogP) is 1.44. The lowest BCUT2D eigenvalue weighted by atomic mass is 9.44. The number of aliphatic hydroxyl groups excluding tert-OH is 7. The molecule has 13 heteroatoms. The van der Waals surface area contributed by atoms with E-state index < -0.39 is 80.4 Å². The van der Waals surface area contributed by atoms with Gasteiger partial charge in [-0.15, -0.1) is 0 Å². The Bertz CT molecular complexity index is 1260. The molecule has 4 saturated carbocycles. The molecule has 1 spiro atoms. The van der Waals surface area contributed by atoms with Gasteiger partial charge in [-0.3, -0.25) is 0 Å². The Kier molecular flexibility index (Phi) is 10.4. The molecule has 4 aliphatic carbocycles. The Hall–Kier alpha value is -0.520. The first kappa shape index (κ1) is 38.4. The number of fused-ring (bicyclic) bond motifs is 7. The summed E-state index contributed by atoms with van der Waals surface area (Å²) in [5, 5.41) is 72.7. The van der Waals surface area contributed by atoms with E-state index in [4.69, 9.17) is 28.4 Å². The van der Waals surface area contributed by atoms with Crippen molar-refractivity contribution in [3.05, 3.63) is 0 Å². The summed E-state index contributed by atoms with van der Waals surface area (Å²) in [5.74, 6) is 3.51. The van der Waals surface area contributed by atoms with E-state index in [2.05, 4.69) is 27.7 Å². The summed E-state index contributed by atoms with van der Waals surface area (Å²) in [6.45, 7) is 9.33. The molecule has 7 N–H and O–H groups in total. The van der Waals surface area contributed by atoms with Crippen LogP contribution in [0.4, 0.5) is 0 Å². The van der Waals surface area contributed by atoms with Crippen LogP contribution in [0.3, 0.4) is 0 Å². The Morgan fingerprint density at radius 2 is 1.37 bits per heavy atom. The van der Waals surface area contributed by atoms with E-state index in [1.807, 2.05) is 0 Å². The van der Waals surface area contributed by atoms with E-state index in [9.17, 15) is 35.7 Å². The maximum atomic E-state index is 11.1. The van der Waals surface area contributed by atoms with Gasteiger partial charge in [0, 0.05) is 12.3 Å². The number of aliphatic hydroxyl groups is 7. The Labute approximate surface area is 307 Å². The second-order valence-corrected chi connectivity index (χ2v) is 18.7. The molecule has 0 aromatic rings. The molecular formula is C39H64O13. The summed E-state index contributed by atoms with van der Waals surface area (Å²) >= 11 is 0. The van der Waals surface area contributed by atoms with Gasteiger partial charge < -0.3 is 64.2 Å².